The van der Waals surface area contributed by atoms with Crippen LogP contribution >= 0.6 is 7.14 Å². The number of hydrogen-bond acceptors (Lipinski definition) is 1. The van der Waals surface area contributed by atoms with Crippen LogP contribution < -0.4 is 10.6 Å². The van der Waals surface area contributed by atoms with Crippen molar-refractivity contribution < 1.29 is 4.57 Å². The van der Waals surface area contributed by atoms with Gasteiger partial charge in [-0.2, -0.15) is 0 Å². The van der Waals surface area contributed by atoms with Crippen LogP contribution in [0.15, 0.2) is 121 Å². The maximum absolute atomic E-state index is 15.0. The van der Waals surface area contributed by atoms with E-state index in [1.54, 1.807) is 0 Å². The van der Waals surface area contributed by atoms with E-state index in [4.69, 9.17) is 0 Å². The maximum atomic E-state index is 15.0. The second-order valence-corrected chi connectivity index (χ2v) is 10.7. The number of aryl methyl sites for hydroxylation is 2. The van der Waals surface area contributed by atoms with Gasteiger partial charge in [0.25, 0.3) is 0 Å². The normalized spacial score (nSPS) is 12.2. The van der Waals surface area contributed by atoms with Crippen molar-refractivity contribution >= 4 is 29.1 Å². The number of benzene rings is 4. The van der Waals surface area contributed by atoms with Crippen LogP contribution in [0.4, 0.5) is 0 Å². The summed E-state index contributed by atoms with van der Waals surface area (Å²) in [6, 6.07) is 36.3. The molecule has 0 bridgehead atoms. The highest BCUT2D eigenvalue weighted by Crippen LogP contribution is 2.56. The minimum atomic E-state index is -3.09. The first-order valence-corrected chi connectivity index (χ1v) is 12.5. The summed E-state index contributed by atoms with van der Waals surface area (Å²) in [6.07, 6.45) is 6.09. The molecule has 158 valence electrons. The van der Waals surface area contributed by atoms with Crippen LogP contribution in [-0.4, -0.2) is 0 Å². The molecule has 0 saturated heterocycles. The molecule has 0 aliphatic heterocycles. The second-order valence-electron chi connectivity index (χ2n) is 7.97. The van der Waals surface area contributed by atoms with Crippen LogP contribution in [0.1, 0.15) is 22.3 Å². The van der Waals surface area contributed by atoms with Gasteiger partial charge in [0.2, 0.25) is 0 Å². The van der Waals surface area contributed by atoms with Crippen molar-refractivity contribution in [1.82, 2.24) is 0 Å². The minimum absolute atomic E-state index is 0.832. The molecule has 0 fully saturated rings. The quantitative estimate of drug-likeness (QED) is 0.229. The minimum Gasteiger partial charge on any atom is -0.309 e. The first-order chi connectivity index (χ1) is 15.6. The average Bonchev–Trinajstić information content (AvgIpc) is 2.84. The molecule has 4 aromatic carbocycles. The Labute approximate surface area is 191 Å². The van der Waals surface area contributed by atoms with Crippen molar-refractivity contribution in [2.45, 2.75) is 13.8 Å². The molecule has 0 N–H and O–H groups in total. The molecule has 0 aliphatic carbocycles. The van der Waals surface area contributed by atoms with Gasteiger partial charge >= 0.3 is 0 Å². The standard InChI is InChI=1S/C30H27OP/c1-24-16-20-26(21-17-24)10-9-15-30(27-22-18-25(2)19-23-27)32(31,28-11-5-3-6-12-28)29-13-7-4-8-14-29/h3-23H,1-2H3/b10-9+,30-15+. The van der Waals surface area contributed by atoms with E-state index in [1.165, 1.54) is 11.1 Å². The molecule has 4 rings (SSSR count). The Morgan fingerprint density at radius 3 is 1.59 bits per heavy atom. The van der Waals surface area contributed by atoms with E-state index in [0.29, 0.717) is 0 Å². The zero-order chi connectivity index (χ0) is 22.4. The molecule has 0 spiro atoms. The van der Waals surface area contributed by atoms with Gasteiger partial charge in [-0.25, -0.2) is 0 Å². The predicted molar refractivity (Wildman–Crippen MR) is 139 cm³/mol. The third kappa shape index (κ3) is 4.74. The summed E-state index contributed by atoms with van der Waals surface area (Å²) < 4.78 is 15.0. The summed E-state index contributed by atoms with van der Waals surface area (Å²) >= 11 is 0. The highest BCUT2D eigenvalue weighted by Gasteiger charge is 2.32. The van der Waals surface area contributed by atoms with Crippen LogP contribution in [0, 0.1) is 13.8 Å². The Morgan fingerprint density at radius 1 is 0.625 bits per heavy atom. The summed E-state index contributed by atoms with van der Waals surface area (Å²) in [5.74, 6) is 0. The first-order valence-electron chi connectivity index (χ1n) is 10.8. The van der Waals surface area contributed by atoms with Crippen molar-refractivity contribution in [1.29, 1.82) is 0 Å². The van der Waals surface area contributed by atoms with Crippen molar-refractivity contribution in [2.24, 2.45) is 0 Å². The maximum Gasteiger partial charge on any atom is 0.171 e. The lowest BCUT2D eigenvalue weighted by Crippen LogP contribution is -2.17. The highest BCUT2D eigenvalue weighted by atomic mass is 31.2. The fraction of sp³-hybridized carbons (Fsp3) is 0.0667. The monoisotopic (exact) mass is 434 g/mol. The topological polar surface area (TPSA) is 17.1 Å². The fourth-order valence-corrected chi connectivity index (χ4v) is 6.59. The molecule has 0 atom stereocenters. The Balaban J connectivity index is 1.90. The molecule has 2 heteroatoms. The van der Waals surface area contributed by atoms with Gasteiger partial charge in [0, 0.05) is 15.9 Å². The molecule has 32 heavy (non-hydrogen) atoms. The van der Waals surface area contributed by atoms with Crippen molar-refractivity contribution in [3.63, 3.8) is 0 Å². The molecular weight excluding hydrogens is 407 g/mol. The average molecular weight is 435 g/mol. The zero-order valence-corrected chi connectivity index (χ0v) is 19.4. The van der Waals surface area contributed by atoms with Crippen LogP contribution in [-0.2, 0) is 4.57 Å². The van der Waals surface area contributed by atoms with E-state index >= 15 is 0 Å². The van der Waals surface area contributed by atoms with E-state index in [2.05, 4.69) is 68.5 Å². The van der Waals surface area contributed by atoms with Crippen LogP contribution in [0.25, 0.3) is 11.4 Å². The van der Waals surface area contributed by atoms with Gasteiger partial charge in [-0.15, -0.1) is 0 Å². The molecule has 0 aliphatic rings. The van der Waals surface area contributed by atoms with Crippen LogP contribution in [0.2, 0.25) is 0 Å². The number of hydrogen-bond donors (Lipinski definition) is 0. The summed E-state index contributed by atoms with van der Waals surface area (Å²) in [7, 11) is -3.09. The molecule has 0 unspecified atom stereocenters. The highest BCUT2D eigenvalue weighted by molar-refractivity contribution is 7.87. The molecule has 0 heterocycles. The van der Waals surface area contributed by atoms with Gasteiger partial charge in [-0.1, -0.05) is 139 Å². The third-order valence-corrected chi connectivity index (χ3v) is 8.68. The first kappa shape index (κ1) is 21.8. The largest absolute Gasteiger partial charge is 0.309 e. The zero-order valence-electron chi connectivity index (χ0n) is 18.5. The number of allylic oxidation sites excluding steroid dienone is 2. The van der Waals surface area contributed by atoms with Crippen molar-refractivity contribution in [2.75, 3.05) is 0 Å². The van der Waals surface area contributed by atoms with Gasteiger partial charge in [-0.05, 0) is 25.0 Å². The lowest BCUT2D eigenvalue weighted by molar-refractivity contribution is 0.593. The van der Waals surface area contributed by atoms with Crippen molar-refractivity contribution in [3.8, 4) is 0 Å². The van der Waals surface area contributed by atoms with E-state index < -0.39 is 7.14 Å². The van der Waals surface area contributed by atoms with Crippen LogP contribution in [0.3, 0.4) is 0 Å². The van der Waals surface area contributed by atoms with E-state index in [0.717, 1.165) is 27.1 Å². The molecule has 0 saturated carbocycles. The number of rotatable bonds is 6. The Hall–Kier alpha value is -3.41. The smallest absolute Gasteiger partial charge is 0.171 e. The molecule has 1 nitrogen and oxygen atoms in total. The lowest BCUT2D eigenvalue weighted by atomic mass is 10.1. The SMILES string of the molecule is Cc1ccc(/C=C/C=C(\c2ccc(C)cc2)P(=O)(c2ccccc2)c2ccccc2)cc1. The Bertz CT molecular complexity index is 1220. The van der Waals surface area contributed by atoms with E-state index in [-0.39, 0.29) is 0 Å². The van der Waals surface area contributed by atoms with E-state index in [9.17, 15) is 4.57 Å². The molecule has 0 amide bonds. The summed E-state index contributed by atoms with van der Waals surface area (Å²) in [6.45, 7) is 4.15. The predicted octanol–water partition coefficient (Wildman–Crippen LogP) is 7.37. The van der Waals surface area contributed by atoms with Gasteiger partial charge < -0.3 is 4.57 Å². The Kier molecular flexibility index (Phi) is 6.69. The summed E-state index contributed by atoms with van der Waals surface area (Å²) in [4.78, 5) is 0. The fourth-order valence-electron chi connectivity index (χ4n) is 3.74. The van der Waals surface area contributed by atoms with Gasteiger partial charge in [0.05, 0.1) is 0 Å². The van der Waals surface area contributed by atoms with Crippen LogP contribution in [0.5, 0.6) is 0 Å². The summed E-state index contributed by atoms with van der Waals surface area (Å²) in [5.41, 5.74) is 4.50. The molecular formula is C30H27OP. The van der Waals surface area contributed by atoms with Crippen molar-refractivity contribution in [3.05, 3.63) is 144 Å². The summed E-state index contributed by atoms with van der Waals surface area (Å²) in [5, 5.41) is 2.50. The van der Waals surface area contributed by atoms with Gasteiger partial charge in [0.15, 0.2) is 7.14 Å². The van der Waals surface area contributed by atoms with Gasteiger partial charge in [0.1, 0.15) is 0 Å². The molecule has 0 radical (unpaired) electrons. The van der Waals surface area contributed by atoms with Gasteiger partial charge in [-0.3, -0.25) is 0 Å². The molecule has 4 aromatic rings. The molecule has 0 aromatic heterocycles. The Morgan fingerprint density at radius 2 is 1.09 bits per heavy atom. The van der Waals surface area contributed by atoms with E-state index in [1.807, 2.05) is 72.8 Å². The second kappa shape index (κ2) is 9.81. The third-order valence-electron chi connectivity index (χ3n) is 5.55. The lowest BCUT2D eigenvalue weighted by Gasteiger charge is -2.23.